The number of thioether (sulfide) groups is 1. The Morgan fingerprint density at radius 3 is 2.39 bits per heavy atom. The number of imidazole rings is 1. The zero-order valence-electron chi connectivity index (χ0n) is 17.1. The summed E-state index contributed by atoms with van der Waals surface area (Å²) in [6.07, 6.45) is -3.03. The van der Waals surface area contributed by atoms with Crippen molar-refractivity contribution >= 4 is 17.5 Å². The van der Waals surface area contributed by atoms with E-state index in [-0.39, 0.29) is 10.9 Å². The first kappa shape index (κ1) is 22.7. The number of hydrogen-bond acceptors (Lipinski definition) is 5. The number of ether oxygens (including phenoxy) is 2. The van der Waals surface area contributed by atoms with Crippen LogP contribution in [0.5, 0.6) is 11.5 Å². The maximum Gasteiger partial charge on any atom is 0.406 e. The standard InChI is InChI=1S/C22H21F3N2O3S/c1-14(20(28)16-9-10-18(29-2)19(11-16)30-3)31-21-26-12-17(15-7-5-4-6-8-15)27(21)13-22(23,24)25/h4-12,14H,13H2,1-3H3. The van der Waals surface area contributed by atoms with Crippen LogP contribution in [0.3, 0.4) is 0 Å². The van der Waals surface area contributed by atoms with Crippen molar-refractivity contribution < 1.29 is 27.4 Å². The van der Waals surface area contributed by atoms with Gasteiger partial charge in [-0.25, -0.2) is 4.98 Å². The number of Topliss-reactive ketones (excluding diaryl/α,β-unsaturated/α-hetero) is 1. The minimum atomic E-state index is -4.43. The van der Waals surface area contributed by atoms with Crippen molar-refractivity contribution in [1.82, 2.24) is 9.55 Å². The van der Waals surface area contributed by atoms with E-state index in [4.69, 9.17) is 9.47 Å². The maximum atomic E-state index is 13.3. The number of hydrogen-bond donors (Lipinski definition) is 0. The van der Waals surface area contributed by atoms with Crippen LogP contribution < -0.4 is 9.47 Å². The van der Waals surface area contributed by atoms with Crippen molar-refractivity contribution in [3.63, 3.8) is 0 Å². The van der Waals surface area contributed by atoms with Crippen LogP contribution in [0.1, 0.15) is 17.3 Å². The molecular weight excluding hydrogens is 429 g/mol. The van der Waals surface area contributed by atoms with Crippen LogP contribution in [0.25, 0.3) is 11.3 Å². The van der Waals surface area contributed by atoms with Crippen molar-refractivity contribution in [2.24, 2.45) is 0 Å². The van der Waals surface area contributed by atoms with Gasteiger partial charge < -0.3 is 14.0 Å². The van der Waals surface area contributed by atoms with Crippen molar-refractivity contribution in [1.29, 1.82) is 0 Å². The average molecular weight is 450 g/mol. The van der Waals surface area contributed by atoms with E-state index in [1.54, 1.807) is 55.5 Å². The topological polar surface area (TPSA) is 53.3 Å². The smallest absolute Gasteiger partial charge is 0.406 e. The van der Waals surface area contributed by atoms with Gasteiger partial charge in [0, 0.05) is 5.56 Å². The predicted octanol–water partition coefficient (Wildman–Crippen LogP) is 5.49. The van der Waals surface area contributed by atoms with Crippen LogP contribution >= 0.6 is 11.8 Å². The number of aromatic nitrogens is 2. The fraction of sp³-hybridized carbons (Fsp3) is 0.273. The number of alkyl halides is 3. The Bertz CT molecular complexity index is 1050. The van der Waals surface area contributed by atoms with Crippen LogP contribution in [0.4, 0.5) is 13.2 Å². The molecule has 0 bridgehead atoms. The van der Waals surface area contributed by atoms with E-state index in [0.717, 1.165) is 16.3 Å². The second-order valence-electron chi connectivity index (χ2n) is 6.69. The molecule has 1 aromatic heterocycles. The number of carbonyl (C=O) groups excluding carboxylic acids is 1. The summed E-state index contributed by atoms with van der Waals surface area (Å²) in [4.78, 5) is 17.1. The molecule has 2 aromatic carbocycles. The van der Waals surface area contributed by atoms with Crippen LogP contribution in [0, 0.1) is 0 Å². The third-order valence-corrected chi connectivity index (χ3v) is 5.65. The highest BCUT2D eigenvalue weighted by atomic mass is 32.2. The van der Waals surface area contributed by atoms with Crippen LogP contribution in [0.15, 0.2) is 59.9 Å². The lowest BCUT2D eigenvalue weighted by Crippen LogP contribution is -2.20. The summed E-state index contributed by atoms with van der Waals surface area (Å²) >= 11 is 0.983. The van der Waals surface area contributed by atoms with Crippen molar-refractivity contribution in [2.45, 2.75) is 30.1 Å². The SMILES string of the molecule is COc1ccc(C(=O)C(C)Sc2ncc(-c3ccccc3)n2CC(F)(F)F)cc1OC. The molecule has 0 aliphatic rings. The highest BCUT2D eigenvalue weighted by Gasteiger charge is 2.31. The van der Waals surface area contributed by atoms with Gasteiger partial charge in [0.25, 0.3) is 0 Å². The van der Waals surface area contributed by atoms with Gasteiger partial charge in [-0.2, -0.15) is 13.2 Å². The van der Waals surface area contributed by atoms with Crippen molar-refractivity contribution in [3.8, 4) is 22.8 Å². The minimum Gasteiger partial charge on any atom is -0.493 e. The summed E-state index contributed by atoms with van der Waals surface area (Å²) in [5.74, 6) is 0.622. The molecule has 0 saturated carbocycles. The number of benzene rings is 2. The summed E-state index contributed by atoms with van der Waals surface area (Å²) in [6, 6.07) is 13.5. The minimum absolute atomic E-state index is 0.123. The summed E-state index contributed by atoms with van der Waals surface area (Å²) in [5, 5.41) is -0.548. The van der Waals surface area contributed by atoms with Crippen molar-refractivity contribution in [3.05, 3.63) is 60.3 Å². The van der Waals surface area contributed by atoms with Crippen LogP contribution in [-0.4, -0.2) is 41.0 Å². The number of rotatable bonds is 8. The van der Waals surface area contributed by atoms with E-state index in [9.17, 15) is 18.0 Å². The van der Waals surface area contributed by atoms with Gasteiger partial charge in [0.1, 0.15) is 6.54 Å². The lowest BCUT2D eigenvalue weighted by atomic mass is 10.1. The summed E-state index contributed by atoms with van der Waals surface area (Å²) in [5.41, 5.74) is 1.33. The van der Waals surface area contributed by atoms with E-state index in [1.165, 1.54) is 20.4 Å². The fourth-order valence-corrected chi connectivity index (χ4v) is 4.02. The monoisotopic (exact) mass is 450 g/mol. The summed E-state index contributed by atoms with van der Waals surface area (Å²) < 4.78 is 51.3. The van der Waals surface area contributed by atoms with Gasteiger partial charge in [0.15, 0.2) is 22.4 Å². The molecule has 3 rings (SSSR count). The Morgan fingerprint density at radius 1 is 1.10 bits per heavy atom. The lowest BCUT2D eigenvalue weighted by molar-refractivity contribution is -0.141. The van der Waals surface area contributed by atoms with E-state index in [0.29, 0.717) is 28.3 Å². The third kappa shape index (κ3) is 5.41. The Balaban J connectivity index is 1.89. The Labute approximate surface area is 182 Å². The number of halogens is 3. The van der Waals surface area contributed by atoms with Crippen molar-refractivity contribution in [2.75, 3.05) is 14.2 Å². The van der Waals surface area contributed by atoms with Gasteiger partial charge in [0.05, 0.1) is 31.4 Å². The first-order valence-corrected chi connectivity index (χ1v) is 10.2. The van der Waals surface area contributed by atoms with Crippen LogP contribution in [0.2, 0.25) is 0 Å². The molecular formula is C22H21F3N2O3S. The molecule has 0 saturated heterocycles. The third-order valence-electron chi connectivity index (χ3n) is 4.55. The number of methoxy groups -OCH3 is 2. The molecule has 9 heteroatoms. The maximum absolute atomic E-state index is 13.3. The summed E-state index contributed by atoms with van der Waals surface area (Å²) in [7, 11) is 2.95. The van der Waals surface area contributed by atoms with Gasteiger partial charge in [0.2, 0.25) is 0 Å². The predicted molar refractivity (Wildman–Crippen MR) is 113 cm³/mol. The van der Waals surface area contributed by atoms with Gasteiger partial charge >= 0.3 is 6.18 Å². The molecule has 0 aliphatic heterocycles. The molecule has 164 valence electrons. The quantitative estimate of drug-likeness (QED) is 0.335. The van der Waals surface area contributed by atoms with Crippen LogP contribution in [-0.2, 0) is 6.54 Å². The molecule has 31 heavy (non-hydrogen) atoms. The van der Waals surface area contributed by atoms with Gasteiger partial charge in [-0.3, -0.25) is 4.79 Å². The largest absolute Gasteiger partial charge is 0.493 e. The molecule has 0 N–H and O–H groups in total. The average Bonchev–Trinajstić information content (AvgIpc) is 3.13. The molecule has 0 fully saturated rings. The highest BCUT2D eigenvalue weighted by Crippen LogP contribution is 2.34. The molecule has 1 atom stereocenters. The van der Waals surface area contributed by atoms with E-state index < -0.39 is 18.0 Å². The number of ketones is 1. The normalized spacial score (nSPS) is 12.5. The molecule has 1 unspecified atom stereocenters. The van der Waals surface area contributed by atoms with Gasteiger partial charge in [-0.15, -0.1) is 0 Å². The Kier molecular flexibility index (Phi) is 6.94. The van der Waals surface area contributed by atoms with Gasteiger partial charge in [-0.05, 0) is 30.7 Å². The molecule has 0 radical (unpaired) electrons. The second kappa shape index (κ2) is 9.47. The highest BCUT2D eigenvalue weighted by molar-refractivity contribution is 8.00. The zero-order valence-corrected chi connectivity index (χ0v) is 18.0. The molecule has 0 aliphatic carbocycles. The Hall–Kier alpha value is -2.94. The van der Waals surface area contributed by atoms with E-state index >= 15 is 0 Å². The molecule has 5 nitrogen and oxygen atoms in total. The first-order valence-electron chi connectivity index (χ1n) is 9.34. The molecule has 0 spiro atoms. The zero-order chi connectivity index (χ0) is 22.6. The molecule has 0 amide bonds. The second-order valence-corrected chi connectivity index (χ2v) is 8.00. The van der Waals surface area contributed by atoms with E-state index in [1.807, 2.05) is 0 Å². The fourth-order valence-electron chi connectivity index (χ4n) is 3.06. The van der Waals surface area contributed by atoms with Gasteiger partial charge in [-0.1, -0.05) is 42.1 Å². The summed E-state index contributed by atoms with van der Waals surface area (Å²) in [6.45, 7) is 0.440. The number of carbonyl (C=O) groups is 1. The molecule has 3 aromatic rings. The Morgan fingerprint density at radius 2 is 1.77 bits per heavy atom. The first-order chi connectivity index (χ1) is 14.7. The molecule has 1 heterocycles. The number of nitrogens with zero attached hydrogens (tertiary/aromatic N) is 2. The van der Waals surface area contributed by atoms with E-state index in [2.05, 4.69) is 4.98 Å². The lowest BCUT2D eigenvalue weighted by Gasteiger charge is -2.16.